The van der Waals surface area contributed by atoms with Crippen LogP contribution in [0.3, 0.4) is 0 Å². The number of nitrogens with zero attached hydrogens (tertiary/aromatic N) is 3. The highest BCUT2D eigenvalue weighted by atomic mass is 16.6. The Kier molecular flexibility index (Phi) is 13.3. The van der Waals surface area contributed by atoms with Gasteiger partial charge in [-0.3, -0.25) is 29.8 Å². The summed E-state index contributed by atoms with van der Waals surface area (Å²) < 4.78 is 0. The second-order valence-electron chi connectivity index (χ2n) is 11.2. The molecule has 232 valence electrons. The molecular weight excluding hydrogens is 550 g/mol. The maximum atomic E-state index is 13.2. The first-order chi connectivity index (χ1) is 20.8. The molecule has 1 N–H and O–H groups in total. The van der Waals surface area contributed by atoms with Gasteiger partial charge in [0.2, 0.25) is 0 Å². The van der Waals surface area contributed by atoms with Crippen molar-refractivity contribution < 1.29 is 24.5 Å². The zero-order valence-corrected chi connectivity index (χ0v) is 25.0. The molecule has 0 aromatic heterocycles. The quantitative estimate of drug-likeness (QED) is 0.0430. The molecule has 0 aliphatic carbocycles. The second kappa shape index (κ2) is 17.1. The second-order valence-corrected chi connectivity index (χ2v) is 11.2. The van der Waals surface area contributed by atoms with E-state index >= 15 is 0 Å². The molecule has 1 unspecified atom stereocenters. The van der Waals surface area contributed by atoms with Crippen molar-refractivity contribution in [3.05, 3.63) is 85.5 Å². The van der Waals surface area contributed by atoms with Crippen LogP contribution in [0.4, 0.5) is 11.4 Å². The van der Waals surface area contributed by atoms with Crippen LogP contribution in [0.2, 0.25) is 0 Å². The van der Waals surface area contributed by atoms with Crippen LogP contribution in [0.25, 0.3) is 5.76 Å². The van der Waals surface area contributed by atoms with Gasteiger partial charge in [0.25, 0.3) is 23.1 Å². The summed E-state index contributed by atoms with van der Waals surface area (Å²) >= 11 is 0. The van der Waals surface area contributed by atoms with E-state index in [2.05, 4.69) is 6.92 Å². The summed E-state index contributed by atoms with van der Waals surface area (Å²) in [7, 11) is 0. The maximum Gasteiger partial charge on any atom is 0.295 e. The summed E-state index contributed by atoms with van der Waals surface area (Å²) in [5.41, 5.74) is -0.511. The molecule has 2 aromatic carbocycles. The van der Waals surface area contributed by atoms with Gasteiger partial charge in [0.15, 0.2) is 0 Å². The SMILES string of the molecule is CCCCCCCCCCCCCCCCN1C(=O)C(=O)/C(=C(\O)c2ccc([N+](=O)[O-])cc2)C1c1ccccc1[N+](=O)[O-]. The fraction of sp³-hybridized carbons (Fsp3) is 0.515. The molecule has 1 heterocycles. The molecule has 2 aromatic rings. The number of aliphatic hydroxyl groups is 1. The lowest BCUT2D eigenvalue weighted by Gasteiger charge is -2.25. The minimum Gasteiger partial charge on any atom is -0.507 e. The van der Waals surface area contributed by atoms with Gasteiger partial charge in [0.1, 0.15) is 5.76 Å². The molecule has 1 saturated heterocycles. The van der Waals surface area contributed by atoms with Crippen LogP contribution in [0.5, 0.6) is 0 Å². The standard InChI is InChI=1S/C33H43N3O7/c1-2-3-4-5-6-7-8-9-10-11-12-13-14-17-24-34-30(27-18-15-16-19-28(27)36(42)43)29(32(38)33(34)39)31(37)25-20-22-26(23-21-25)35(40)41/h15-16,18-23,30,37H,2-14,17,24H2,1H3/b31-29-. The first-order valence-corrected chi connectivity index (χ1v) is 15.5. The molecule has 1 fully saturated rings. The van der Waals surface area contributed by atoms with Crippen molar-refractivity contribution >= 4 is 28.8 Å². The third kappa shape index (κ3) is 9.20. The number of aliphatic hydroxyl groups excluding tert-OH is 1. The molecule has 0 saturated carbocycles. The van der Waals surface area contributed by atoms with Crippen molar-refractivity contribution in [3.63, 3.8) is 0 Å². The van der Waals surface area contributed by atoms with Gasteiger partial charge in [0.05, 0.1) is 27.0 Å². The van der Waals surface area contributed by atoms with E-state index in [-0.39, 0.29) is 34.6 Å². The predicted octanol–water partition coefficient (Wildman–Crippen LogP) is 8.41. The van der Waals surface area contributed by atoms with Crippen molar-refractivity contribution in [3.8, 4) is 0 Å². The smallest absolute Gasteiger partial charge is 0.295 e. The fourth-order valence-corrected chi connectivity index (χ4v) is 5.69. The monoisotopic (exact) mass is 593 g/mol. The number of rotatable bonds is 19. The molecule has 1 amide bonds. The van der Waals surface area contributed by atoms with Crippen LogP contribution in [0.1, 0.15) is 114 Å². The number of para-hydroxylation sites is 1. The Labute approximate surface area is 253 Å². The topological polar surface area (TPSA) is 144 Å². The summed E-state index contributed by atoms with van der Waals surface area (Å²) in [4.78, 5) is 49.5. The summed E-state index contributed by atoms with van der Waals surface area (Å²) in [6, 6.07) is 9.64. The number of benzene rings is 2. The zero-order chi connectivity index (χ0) is 31.2. The molecule has 1 aliphatic heterocycles. The first-order valence-electron chi connectivity index (χ1n) is 15.5. The minimum atomic E-state index is -1.15. The van der Waals surface area contributed by atoms with Gasteiger partial charge in [-0.1, -0.05) is 103 Å². The van der Waals surface area contributed by atoms with Crippen LogP contribution in [0, 0.1) is 20.2 Å². The van der Waals surface area contributed by atoms with Gasteiger partial charge >= 0.3 is 0 Å². The lowest BCUT2D eigenvalue weighted by Crippen LogP contribution is -2.31. The number of non-ortho nitro benzene ring substituents is 1. The number of carbonyl (C=O) groups is 2. The molecule has 0 radical (unpaired) electrons. The predicted molar refractivity (Wildman–Crippen MR) is 166 cm³/mol. The largest absolute Gasteiger partial charge is 0.507 e. The summed E-state index contributed by atoms with van der Waals surface area (Å²) in [5, 5.41) is 34.1. The lowest BCUT2D eigenvalue weighted by atomic mass is 9.94. The summed E-state index contributed by atoms with van der Waals surface area (Å²) in [6.07, 6.45) is 16.4. The van der Waals surface area contributed by atoms with Crippen molar-refractivity contribution in [2.45, 2.75) is 103 Å². The molecule has 10 nitrogen and oxygen atoms in total. The third-order valence-electron chi connectivity index (χ3n) is 8.07. The minimum absolute atomic E-state index is 0.101. The Balaban J connectivity index is 1.65. The number of unbranched alkanes of at least 4 members (excludes halogenated alkanes) is 13. The van der Waals surface area contributed by atoms with E-state index in [1.165, 1.54) is 105 Å². The van der Waals surface area contributed by atoms with Crippen LogP contribution in [-0.4, -0.2) is 38.1 Å². The Morgan fingerprint density at radius 2 is 1.26 bits per heavy atom. The summed E-state index contributed by atoms with van der Waals surface area (Å²) in [6.45, 7) is 2.43. The Morgan fingerprint density at radius 1 is 0.744 bits per heavy atom. The molecule has 0 spiro atoms. The average molecular weight is 594 g/mol. The maximum absolute atomic E-state index is 13.2. The van der Waals surface area contributed by atoms with Gasteiger partial charge in [-0.25, -0.2) is 0 Å². The van der Waals surface area contributed by atoms with Crippen LogP contribution in [0.15, 0.2) is 54.1 Å². The van der Waals surface area contributed by atoms with Crippen LogP contribution in [-0.2, 0) is 9.59 Å². The molecule has 10 heteroatoms. The van der Waals surface area contributed by atoms with Gasteiger partial charge in [-0.05, 0) is 24.6 Å². The Hall–Kier alpha value is -4.08. The molecule has 0 bridgehead atoms. The number of ketones is 1. The number of amides is 1. The van der Waals surface area contributed by atoms with Crippen LogP contribution >= 0.6 is 0 Å². The lowest BCUT2D eigenvalue weighted by molar-refractivity contribution is -0.385. The number of hydrogen-bond acceptors (Lipinski definition) is 7. The van der Waals surface area contributed by atoms with Crippen molar-refractivity contribution in [1.82, 2.24) is 4.90 Å². The normalized spacial score (nSPS) is 16.1. The number of hydrogen-bond donors (Lipinski definition) is 1. The van der Waals surface area contributed by atoms with E-state index in [9.17, 15) is 34.9 Å². The number of Topliss-reactive ketones (excluding diaryl/α,β-unsaturated/α-hetero) is 1. The Bertz CT molecular complexity index is 1290. The molecule has 43 heavy (non-hydrogen) atoms. The van der Waals surface area contributed by atoms with E-state index in [4.69, 9.17) is 0 Å². The van der Waals surface area contributed by atoms with Gasteiger partial charge in [-0.2, -0.15) is 0 Å². The number of nitro groups is 2. The van der Waals surface area contributed by atoms with E-state index in [0.29, 0.717) is 6.42 Å². The van der Waals surface area contributed by atoms with E-state index < -0.39 is 33.3 Å². The first kappa shape index (κ1) is 33.4. The van der Waals surface area contributed by atoms with E-state index in [0.717, 1.165) is 25.7 Å². The van der Waals surface area contributed by atoms with Gasteiger partial charge in [-0.15, -0.1) is 0 Å². The molecular formula is C33H43N3O7. The molecule has 3 rings (SSSR count). The number of carbonyl (C=O) groups excluding carboxylic acids is 2. The third-order valence-corrected chi connectivity index (χ3v) is 8.07. The number of nitro benzene ring substituents is 2. The van der Waals surface area contributed by atoms with Gasteiger partial charge < -0.3 is 10.0 Å². The van der Waals surface area contributed by atoms with Crippen molar-refractivity contribution in [2.24, 2.45) is 0 Å². The molecule has 1 aliphatic rings. The Morgan fingerprint density at radius 3 is 1.77 bits per heavy atom. The average Bonchev–Trinajstić information content (AvgIpc) is 3.25. The summed E-state index contributed by atoms with van der Waals surface area (Å²) in [5.74, 6) is -2.30. The van der Waals surface area contributed by atoms with Crippen molar-refractivity contribution in [2.75, 3.05) is 6.54 Å². The van der Waals surface area contributed by atoms with E-state index in [1.54, 1.807) is 6.07 Å². The van der Waals surface area contributed by atoms with Gasteiger partial charge in [0, 0.05) is 30.3 Å². The highest BCUT2D eigenvalue weighted by Crippen LogP contribution is 2.42. The van der Waals surface area contributed by atoms with E-state index in [1.807, 2.05) is 0 Å². The highest BCUT2D eigenvalue weighted by molar-refractivity contribution is 6.46. The van der Waals surface area contributed by atoms with Crippen LogP contribution < -0.4 is 0 Å². The van der Waals surface area contributed by atoms with Crippen molar-refractivity contribution in [1.29, 1.82) is 0 Å². The highest BCUT2D eigenvalue weighted by Gasteiger charge is 2.47. The zero-order valence-electron chi connectivity index (χ0n) is 25.0. The number of likely N-dealkylation sites (tertiary alicyclic amines) is 1. The molecule has 1 atom stereocenters. The fourth-order valence-electron chi connectivity index (χ4n) is 5.69.